The summed E-state index contributed by atoms with van der Waals surface area (Å²) < 4.78 is 6.94. The van der Waals surface area contributed by atoms with Crippen LogP contribution in [0.4, 0.5) is 0 Å². The molecule has 1 fully saturated rings. The summed E-state index contributed by atoms with van der Waals surface area (Å²) in [6, 6.07) is 17.1. The van der Waals surface area contributed by atoms with Crippen molar-refractivity contribution < 1.29 is 14.3 Å². The lowest BCUT2D eigenvalue weighted by atomic mass is 10.1. The van der Waals surface area contributed by atoms with Crippen molar-refractivity contribution in [3.63, 3.8) is 0 Å². The van der Waals surface area contributed by atoms with E-state index in [1.165, 1.54) is 0 Å². The fraction of sp³-hybridized carbons (Fsp3) is 0.320. The molecule has 0 N–H and O–H groups in total. The van der Waals surface area contributed by atoms with Crippen molar-refractivity contribution in [2.24, 2.45) is 0 Å². The van der Waals surface area contributed by atoms with Crippen molar-refractivity contribution in [1.82, 2.24) is 19.6 Å². The molecule has 4 rings (SSSR count). The summed E-state index contributed by atoms with van der Waals surface area (Å²) >= 11 is 0. The van der Waals surface area contributed by atoms with E-state index in [9.17, 15) is 9.59 Å². The number of carbonyl (C=O) groups is 2. The molecule has 1 aliphatic rings. The van der Waals surface area contributed by atoms with E-state index in [1.54, 1.807) is 18.0 Å². The van der Waals surface area contributed by atoms with E-state index in [2.05, 4.69) is 5.10 Å². The highest BCUT2D eigenvalue weighted by molar-refractivity contribution is 5.94. The molecule has 1 aromatic heterocycles. The summed E-state index contributed by atoms with van der Waals surface area (Å²) in [5, 5.41) is 4.21. The van der Waals surface area contributed by atoms with Gasteiger partial charge in [-0.3, -0.25) is 9.59 Å². The number of aryl methyl sites for hydroxylation is 1. The van der Waals surface area contributed by atoms with Crippen molar-refractivity contribution in [3.05, 3.63) is 78.1 Å². The van der Waals surface area contributed by atoms with Crippen molar-refractivity contribution in [1.29, 1.82) is 0 Å². The summed E-state index contributed by atoms with van der Waals surface area (Å²) in [7, 11) is 1.64. The molecule has 0 aliphatic carbocycles. The topological polar surface area (TPSA) is 67.7 Å². The first-order valence-electron chi connectivity index (χ1n) is 10.9. The Hall–Kier alpha value is -3.61. The maximum Gasteiger partial charge on any atom is 0.253 e. The maximum atomic E-state index is 13.0. The normalized spacial score (nSPS) is 14.2. The monoisotopic (exact) mass is 432 g/mol. The van der Waals surface area contributed by atoms with Crippen LogP contribution in [0.2, 0.25) is 0 Å². The molecular weight excluding hydrogens is 404 g/mol. The van der Waals surface area contributed by atoms with Crippen molar-refractivity contribution >= 4 is 11.8 Å². The molecule has 1 aliphatic heterocycles. The molecule has 0 radical (unpaired) electrons. The highest BCUT2D eigenvalue weighted by atomic mass is 16.5. The molecule has 7 nitrogen and oxygen atoms in total. The van der Waals surface area contributed by atoms with Gasteiger partial charge in [0.05, 0.1) is 12.8 Å². The summed E-state index contributed by atoms with van der Waals surface area (Å²) in [5.41, 5.74) is 2.68. The zero-order valence-electron chi connectivity index (χ0n) is 18.3. The number of aromatic nitrogens is 2. The minimum atomic E-state index is 0.00421. The van der Waals surface area contributed by atoms with E-state index < -0.39 is 0 Å². The minimum absolute atomic E-state index is 0.00421. The Morgan fingerprint density at radius 1 is 0.938 bits per heavy atom. The molecule has 166 valence electrons. The molecule has 32 heavy (non-hydrogen) atoms. The van der Waals surface area contributed by atoms with Crippen LogP contribution in [0, 0.1) is 0 Å². The summed E-state index contributed by atoms with van der Waals surface area (Å²) in [6.07, 6.45) is 5.54. The number of methoxy groups -OCH3 is 1. The average Bonchev–Trinajstić information content (AvgIpc) is 3.27. The molecule has 7 heteroatoms. The molecule has 0 unspecified atom stereocenters. The quantitative estimate of drug-likeness (QED) is 0.600. The predicted octanol–water partition coefficient (Wildman–Crippen LogP) is 3.19. The van der Waals surface area contributed by atoms with Crippen LogP contribution in [0.25, 0.3) is 5.69 Å². The third-order valence-electron chi connectivity index (χ3n) is 5.81. The smallest absolute Gasteiger partial charge is 0.253 e. The van der Waals surface area contributed by atoms with E-state index in [0.29, 0.717) is 44.6 Å². The van der Waals surface area contributed by atoms with Crippen molar-refractivity contribution in [2.45, 2.75) is 19.3 Å². The molecule has 3 aromatic rings. The number of ether oxygens (including phenoxy) is 1. The fourth-order valence-corrected chi connectivity index (χ4v) is 3.93. The zero-order valence-corrected chi connectivity index (χ0v) is 18.3. The standard InChI is InChI=1S/C25H28N4O3/c1-32-23-11-4-20(5-12-23)6-13-24(30)27-15-3-16-28(19-18-27)25(31)21-7-9-22(10-8-21)29-17-2-14-26-29/h2,4-5,7-12,14,17H,3,6,13,15-16,18-19H2,1H3. The Bertz CT molecular complexity index is 1030. The zero-order chi connectivity index (χ0) is 22.3. The summed E-state index contributed by atoms with van der Waals surface area (Å²) in [4.78, 5) is 29.4. The van der Waals surface area contributed by atoms with E-state index in [1.807, 2.05) is 70.6 Å². The van der Waals surface area contributed by atoms with Crippen molar-refractivity contribution in [3.8, 4) is 11.4 Å². The van der Waals surface area contributed by atoms with Gasteiger partial charge in [0.1, 0.15) is 5.75 Å². The van der Waals surface area contributed by atoms with E-state index in [0.717, 1.165) is 23.4 Å². The van der Waals surface area contributed by atoms with Crippen LogP contribution in [0.15, 0.2) is 67.0 Å². The Balaban J connectivity index is 1.30. The Morgan fingerprint density at radius 3 is 2.34 bits per heavy atom. The molecule has 0 atom stereocenters. The average molecular weight is 433 g/mol. The minimum Gasteiger partial charge on any atom is -0.497 e. The SMILES string of the molecule is COc1ccc(CCC(=O)N2CCCN(C(=O)c3ccc(-n4cccn4)cc3)CC2)cc1. The van der Waals surface area contributed by atoms with E-state index in [-0.39, 0.29) is 11.8 Å². The van der Waals surface area contributed by atoms with Crippen LogP contribution in [-0.4, -0.2) is 64.7 Å². The molecule has 0 saturated carbocycles. The predicted molar refractivity (Wildman–Crippen MR) is 122 cm³/mol. The van der Waals surface area contributed by atoms with Gasteiger partial charge in [-0.15, -0.1) is 0 Å². The number of hydrogen-bond acceptors (Lipinski definition) is 4. The van der Waals surface area contributed by atoms with Gasteiger partial charge in [0.15, 0.2) is 0 Å². The number of benzene rings is 2. The van der Waals surface area contributed by atoms with Gasteiger partial charge in [-0.2, -0.15) is 5.10 Å². The second-order valence-electron chi connectivity index (χ2n) is 7.87. The van der Waals surface area contributed by atoms with Crippen LogP contribution in [0.3, 0.4) is 0 Å². The van der Waals surface area contributed by atoms with Gasteiger partial charge >= 0.3 is 0 Å². The van der Waals surface area contributed by atoms with Gasteiger partial charge in [-0.05, 0) is 60.9 Å². The molecule has 0 spiro atoms. The first kappa shape index (κ1) is 21.6. The van der Waals surface area contributed by atoms with Gasteiger partial charge in [-0.1, -0.05) is 12.1 Å². The lowest BCUT2D eigenvalue weighted by molar-refractivity contribution is -0.131. The first-order valence-corrected chi connectivity index (χ1v) is 10.9. The molecular formula is C25H28N4O3. The second-order valence-corrected chi connectivity index (χ2v) is 7.87. The Morgan fingerprint density at radius 2 is 1.66 bits per heavy atom. The number of carbonyl (C=O) groups excluding carboxylic acids is 2. The Kier molecular flexibility index (Phi) is 6.84. The van der Waals surface area contributed by atoms with Gasteiger partial charge in [0.2, 0.25) is 5.91 Å². The van der Waals surface area contributed by atoms with Crippen LogP contribution in [0.5, 0.6) is 5.75 Å². The second kappa shape index (κ2) is 10.1. The highest BCUT2D eigenvalue weighted by Crippen LogP contribution is 2.15. The van der Waals surface area contributed by atoms with Gasteiger partial charge in [-0.25, -0.2) is 4.68 Å². The van der Waals surface area contributed by atoms with Crippen LogP contribution >= 0.6 is 0 Å². The van der Waals surface area contributed by atoms with E-state index >= 15 is 0 Å². The number of hydrogen-bond donors (Lipinski definition) is 0. The van der Waals surface area contributed by atoms with Crippen LogP contribution in [0.1, 0.15) is 28.8 Å². The van der Waals surface area contributed by atoms with Crippen molar-refractivity contribution in [2.75, 3.05) is 33.3 Å². The third-order valence-corrected chi connectivity index (χ3v) is 5.81. The first-order chi connectivity index (χ1) is 15.6. The maximum absolute atomic E-state index is 13.0. The summed E-state index contributed by atoms with van der Waals surface area (Å²) in [5.74, 6) is 0.955. The molecule has 2 amide bonds. The van der Waals surface area contributed by atoms with Gasteiger partial charge < -0.3 is 14.5 Å². The molecule has 0 bridgehead atoms. The van der Waals surface area contributed by atoms with Gasteiger partial charge in [0, 0.05) is 50.6 Å². The Labute approximate surface area is 188 Å². The van der Waals surface area contributed by atoms with Crippen LogP contribution < -0.4 is 4.74 Å². The third kappa shape index (κ3) is 5.17. The lowest BCUT2D eigenvalue weighted by Gasteiger charge is -2.22. The summed E-state index contributed by atoms with van der Waals surface area (Å²) in [6.45, 7) is 2.46. The molecule has 2 heterocycles. The molecule has 2 aromatic carbocycles. The largest absolute Gasteiger partial charge is 0.497 e. The van der Waals surface area contributed by atoms with E-state index in [4.69, 9.17) is 4.74 Å². The molecule has 1 saturated heterocycles. The number of rotatable bonds is 6. The number of nitrogens with zero attached hydrogens (tertiary/aromatic N) is 4. The fourth-order valence-electron chi connectivity index (χ4n) is 3.93. The lowest BCUT2D eigenvalue weighted by Crippen LogP contribution is -2.37. The van der Waals surface area contributed by atoms with Gasteiger partial charge in [0.25, 0.3) is 5.91 Å². The number of amides is 2. The highest BCUT2D eigenvalue weighted by Gasteiger charge is 2.22. The van der Waals surface area contributed by atoms with Crippen LogP contribution in [-0.2, 0) is 11.2 Å².